The number of para-hydroxylation sites is 1. The van der Waals surface area contributed by atoms with E-state index in [1.807, 2.05) is 18.2 Å². The maximum absolute atomic E-state index is 12.2. The van der Waals surface area contributed by atoms with E-state index < -0.39 is 17.7 Å². The van der Waals surface area contributed by atoms with Crippen LogP contribution < -0.4 is 0 Å². The molecule has 0 aliphatic heterocycles. The highest BCUT2D eigenvalue weighted by Gasteiger charge is 2.21. The largest absolute Gasteiger partial charge is 0.475 e. The molecule has 1 heterocycles. The van der Waals surface area contributed by atoms with Gasteiger partial charge in [-0.2, -0.15) is 0 Å². The zero-order chi connectivity index (χ0) is 19.4. The first-order valence-corrected chi connectivity index (χ1v) is 8.03. The summed E-state index contributed by atoms with van der Waals surface area (Å²) in [5, 5.41) is 10.1. The van der Waals surface area contributed by atoms with Gasteiger partial charge in [0.15, 0.2) is 0 Å². The fourth-order valence-electron chi connectivity index (χ4n) is 2.59. The quantitative estimate of drug-likeness (QED) is 0.426. The number of methoxy groups -OCH3 is 1. The molecular weight excluding hydrogens is 346 g/mol. The number of Topliss-reactive ketones (excluding diaryl/α,β-unsaturated/α-hetero) is 1. The number of ketones is 1. The monoisotopic (exact) mass is 361 g/mol. The van der Waals surface area contributed by atoms with Crippen LogP contribution in [-0.2, 0) is 14.3 Å². The van der Waals surface area contributed by atoms with E-state index in [4.69, 9.17) is 0 Å². The molecule has 0 bridgehead atoms. The van der Waals surface area contributed by atoms with Crippen LogP contribution in [0.5, 0.6) is 0 Å². The van der Waals surface area contributed by atoms with E-state index in [9.17, 15) is 19.5 Å². The van der Waals surface area contributed by atoms with Crippen molar-refractivity contribution in [3.8, 4) is 0 Å². The van der Waals surface area contributed by atoms with Crippen LogP contribution in [0.4, 0.5) is 0 Å². The minimum absolute atomic E-state index is 0.0425. The Kier molecular flexibility index (Phi) is 5.08. The van der Waals surface area contributed by atoms with Crippen molar-refractivity contribution in [2.75, 3.05) is 7.11 Å². The SMILES string of the molecule is COC(=O)c1ccc(/C=C(/C(=O)C(=O)O)c2ccc3ccccc3n2)cc1. The second kappa shape index (κ2) is 7.61. The highest BCUT2D eigenvalue weighted by atomic mass is 16.5. The molecule has 6 heteroatoms. The molecule has 0 radical (unpaired) electrons. The van der Waals surface area contributed by atoms with Gasteiger partial charge >= 0.3 is 11.9 Å². The van der Waals surface area contributed by atoms with Crippen LogP contribution in [-0.4, -0.2) is 34.9 Å². The molecule has 0 saturated heterocycles. The smallest absolute Gasteiger partial charge is 0.377 e. The Labute approximate surface area is 154 Å². The van der Waals surface area contributed by atoms with Gasteiger partial charge in [0, 0.05) is 5.39 Å². The number of pyridine rings is 1. The number of carboxylic acids is 1. The van der Waals surface area contributed by atoms with E-state index >= 15 is 0 Å². The van der Waals surface area contributed by atoms with Gasteiger partial charge in [-0.3, -0.25) is 4.79 Å². The summed E-state index contributed by atoms with van der Waals surface area (Å²) in [4.78, 5) is 39.4. The summed E-state index contributed by atoms with van der Waals surface area (Å²) >= 11 is 0. The lowest BCUT2D eigenvalue weighted by atomic mass is 10.0. The molecule has 0 saturated carbocycles. The summed E-state index contributed by atoms with van der Waals surface area (Å²) in [5.74, 6) is -3.11. The predicted molar refractivity (Wildman–Crippen MR) is 100 cm³/mol. The Morgan fingerprint density at radius 3 is 2.33 bits per heavy atom. The van der Waals surface area contributed by atoms with Gasteiger partial charge in [-0.25, -0.2) is 14.6 Å². The zero-order valence-corrected chi connectivity index (χ0v) is 14.4. The molecule has 0 aliphatic carbocycles. The van der Waals surface area contributed by atoms with Crippen LogP contribution in [0, 0.1) is 0 Å². The topological polar surface area (TPSA) is 93.6 Å². The molecule has 2 aromatic carbocycles. The third-order valence-electron chi connectivity index (χ3n) is 3.96. The second-order valence-electron chi connectivity index (χ2n) is 5.70. The van der Waals surface area contributed by atoms with Crippen molar-refractivity contribution in [1.82, 2.24) is 4.98 Å². The van der Waals surface area contributed by atoms with Crippen molar-refractivity contribution in [2.24, 2.45) is 0 Å². The van der Waals surface area contributed by atoms with Gasteiger partial charge in [0.1, 0.15) is 0 Å². The molecule has 0 fully saturated rings. The van der Waals surface area contributed by atoms with Crippen LogP contribution in [0.2, 0.25) is 0 Å². The van der Waals surface area contributed by atoms with E-state index in [2.05, 4.69) is 9.72 Å². The van der Waals surface area contributed by atoms with Gasteiger partial charge in [-0.15, -0.1) is 0 Å². The van der Waals surface area contributed by atoms with Crippen LogP contribution >= 0.6 is 0 Å². The first-order chi connectivity index (χ1) is 13.0. The lowest BCUT2D eigenvalue weighted by molar-refractivity contribution is -0.146. The summed E-state index contributed by atoms with van der Waals surface area (Å²) in [5.41, 5.74) is 1.78. The fraction of sp³-hybridized carbons (Fsp3) is 0.0476. The highest BCUT2D eigenvalue weighted by molar-refractivity contribution is 6.52. The molecule has 0 spiro atoms. The van der Waals surface area contributed by atoms with Gasteiger partial charge < -0.3 is 9.84 Å². The number of carboxylic acid groups (broad SMARTS) is 1. The maximum Gasteiger partial charge on any atom is 0.377 e. The van der Waals surface area contributed by atoms with Gasteiger partial charge in [-0.05, 0) is 35.9 Å². The number of ether oxygens (including phenoxy) is 1. The van der Waals surface area contributed by atoms with Crippen LogP contribution in [0.25, 0.3) is 22.6 Å². The van der Waals surface area contributed by atoms with Gasteiger partial charge in [-0.1, -0.05) is 36.4 Å². The maximum atomic E-state index is 12.2. The third kappa shape index (κ3) is 3.90. The number of esters is 1. The zero-order valence-electron chi connectivity index (χ0n) is 14.4. The van der Waals surface area contributed by atoms with E-state index in [1.54, 1.807) is 30.3 Å². The van der Waals surface area contributed by atoms with Crippen molar-refractivity contribution in [1.29, 1.82) is 0 Å². The molecule has 0 amide bonds. The van der Waals surface area contributed by atoms with Gasteiger partial charge in [0.25, 0.3) is 5.78 Å². The molecular formula is C21H15NO5. The molecule has 134 valence electrons. The van der Waals surface area contributed by atoms with Crippen LogP contribution in [0.3, 0.4) is 0 Å². The number of hydrogen-bond donors (Lipinski definition) is 1. The molecule has 1 N–H and O–H groups in total. The van der Waals surface area contributed by atoms with Crippen molar-refractivity contribution >= 4 is 40.3 Å². The van der Waals surface area contributed by atoms with Gasteiger partial charge in [0.05, 0.1) is 29.5 Å². The molecule has 27 heavy (non-hydrogen) atoms. The number of aliphatic carboxylic acids is 1. The van der Waals surface area contributed by atoms with E-state index in [0.29, 0.717) is 16.6 Å². The lowest BCUT2D eigenvalue weighted by Crippen LogP contribution is -2.15. The number of nitrogens with zero attached hydrogens (tertiary/aromatic N) is 1. The number of carbonyl (C=O) groups is 3. The molecule has 6 nitrogen and oxygen atoms in total. The first kappa shape index (κ1) is 18.0. The Hall–Kier alpha value is -3.80. The first-order valence-electron chi connectivity index (χ1n) is 8.03. The fourth-order valence-corrected chi connectivity index (χ4v) is 2.59. The third-order valence-corrected chi connectivity index (χ3v) is 3.96. The van der Waals surface area contributed by atoms with Crippen LogP contribution in [0.1, 0.15) is 21.6 Å². The average Bonchev–Trinajstić information content (AvgIpc) is 2.71. The molecule has 0 unspecified atom stereocenters. The number of benzene rings is 2. The summed E-state index contributed by atoms with van der Waals surface area (Å²) < 4.78 is 4.64. The van der Waals surface area contributed by atoms with Crippen molar-refractivity contribution in [3.63, 3.8) is 0 Å². The van der Waals surface area contributed by atoms with Gasteiger partial charge in [0.2, 0.25) is 0 Å². The molecule has 0 aliphatic rings. The summed E-state index contributed by atoms with van der Waals surface area (Å²) in [6.07, 6.45) is 1.44. The standard InChI is InChI=1S/C21H15NO5/c1-27-21(26)15-8-6-13(7-9-15)12-16(19(23)20(24)25)18-11-10-14-4-2-3-5-17(14)22-18/h2-12H,1H3,(H,24,25)/b16-12+. The summed E-state index contributed by atoms with van der Waals surface area (Å²) in [6.45, 7) is 0. The van der Waals surface area contributed by atoms with E-state index in [-0.39, 0.29) is 11.3 Å². The lowest BCUT2D eigenvalue weighted by Gasteiger charge is -2.06. The Bertz CT molecular complexity index is 1070. The number of fused-ring (bicyclic) bond motifs is 1. The minimum atomic E-state index is -1.57. The second-order valence-corrected chi connectivity index (χ2v) is 5.70. The minimum Gasteiger partial charge on any atom is -0.475 e. The van der Waals surface area contributed by atoms with E-state index in [0.717, 1.165) is 5.39 Å². The average molecular weight is 361 g/mol. The Balaban J connectivity index is 2.07. The number of aromatic nitrogens is 1. The molecule has 3 rings (SSSR count). The van der Waals surface area contributed by atoms with Crippen molar-refractivity contribution in [3.05, 3.63) is 77.5 Å². The predicted octanol–water partition coefficient (Wildman–Crippen LogP) is 3.22. The molecule has 1 aromatic heterocycles. The van der Waals surface area contributed by atoms with Crippen molar-refractivity contribution < 1.29 is 24.2 Å². The molecule has 3 aromatic rings. The Morgan fingerprint density at radius 1 is 0.963 bits per heavy atom. The normalized spacial score (nSPS) is 11.2. The number of hydrogen-bond acceptors (Lipinski definition) is 5. The molecule has 0 atom stereocenters. The van der Waals surface area contributed by atoms with Crippen LogP contribution in [0.15, 0.2) is 60.7 Å². The number of carbonyl (C=O) groups excluding carboxylic acids is 2. The highest BCUT2D eigenvalue weighted by Crippen LogP contribution is 2.21. The summed E-state index contributed by atoms with van der Waals surface area (Å²) in [7, 11) is 1.28. The van der Waals surface area contributed by atoms with Crippen molar-refractivity contribution in [2.45, 2.75) is 0 Å². The Morgan fingerprint density at radius 2 is 1.67 bits per heavy atom. The summed E-state index contributed by atoms with van der Waals surface area (Å²) in [6, 6.07) is 17.0. The van der Waals surface area contributed by atoms with E-state index in [1.165, 1.54) is 25.3 Å². The number of rotatable bonds is 5.